The van der Waals surface area contributed by atoms with Gasteiger partial charge in [-0.1, -0.05) is 6.07 Å². The normalized spacial score (nSPS) is 30.7. The second-order valence-electron chi connectivity index (χ2n) is 9.84. The molecule has 5 rings (SSSR count). The summed E-state index contributed by atoms with van der Waals surface area (Å²) < 4.78 is 0. The highest BCUT2D eigenvalue weighted by Crippen LogP contribution is 2.52. The Labute approximate surface area is 201 Å². The van der Waals surface area contributed by atoms with Crippen molar-refractivity contribution in [3.63, 3.8) is 0 Å². The first-order valence-corrected chi connectivity index (χ1v) is 11.9. The van der Waals surface area contributed by atoms with E-state index in [-0.39, 0.29) is 23.3 Å². The molecule has 1 unspecified atom stereocenters. The molecule has 10 nitrogen and oxygen atoms in total. The molecule has 1 aromatic rings. The zero-order valence-electron chi connectivity index (χ0n) is 19.4. The van der Waals surface area contributed by atoms with Crippen LogP contribution in [0.3, 0.4) is 0 Å². The van der Waals surface area contributed by atoms with E-state index in [4.69, 9.17) is 5.73 Å². The number of rotatable bonds is 3. The number of fused-ring (bicyclic) bond motifs is 3. The molecule has 0 spiro atoms. The Kier molecular flexibility index (Phi) is 5.41. The number of hydrogen-bond donors (Lipinski definition) is 6. The number of piperidine rings is 1. The standard InChI is InChI=1S/C25H29N3O7/c1-27-18-13-10-12-9-11-5-6-14(28-7-3-2-4-8-28)19(29)15(11)20(30)16(12)22(32)25(13,35)23(33)17(21(18)31)24(26)34/h5-6,12-13,18,27,29,31-32,35H,2-4,7-10H2,1H3,(H2,26,34)/t12-,13-,18?,25-/m0/s1. The van der Waals surface area contributed by atoms with Crippen molar-refractivity contribution >= 4 is 23.2 Å². The van der Waals surface area contributed by atoms with Crippen molar-refractivity contribution in [2.75, 3.05) is 25.0 Å². The zero-order valence-corrected chi connectivity index (χ0v) is 19.4. The van der Waals surface area contributed by atoms with Gasteiger partial charge in [0.15, 0.2) is 11.4 Å². The minimum absolute atomic E-state index is 0.0508. The van der Waals surface area contributed by atoms with Crippen molar-refractivity contribution in [1.29, 1.82) is 0 Å². The molecule has 10 heteroatoms. The van der Waals surface area contributed by atoms with Crippen molar-refractivity contribution in [3.05, 3.63) is 45.9 Å². The van der Waals surface area contributed by atoms with Crippen molar-refractivity contribution in [2.24, 2.45) is 17.6 Å². The van der Waals surface area contributed by atoms with Gasteiger partial charge in [-0.15, -0.1) is 0 Å². The van der Waals surface area contributed by atoms with Gasteiger partial charge in [0, 0.05) is 24.6 Å². The molecule has 3 aliphatic carbocycles. The fraction of sp³-hybridized carbons (Fsp3) is 0.480. The largest absolute Gasteiger partial charge is 0.510 e. The number of carbonyl (C=O) groups is 3. The summed E-state index contributed by atoms with van der Waals surface area (Å²) in [6.07, 6.45) is 3.42. The highest BCUT2D eigenvalue weighted by atomic mass is 16.3. The Morgan fingerprint density at radius 3 is 2.46 bits per heavy atom. The highest BCUT2D eigenvalue weighted by molar-refractivity contribution is 6.24. The van der Waals surface area contributed by atoms with E-state index >= 15 is 0 Å². The number of phenolic OH excluding ortho intramolecular Hbond substituents is 1. The maximum absolute atomic E-state index is 13.7. The number of phenols is 1. The van der Waals surface area contributed by atoms with Gasteiger partial charge in [-0.3, -0.25) is 14.4 Å². The van der Waals surface area contributed by atoms with Gasteiger partial charge in [0.25, 0.3) is 5.91 Å². The number of nitrogens with zero attached hydrogens (tertiary/aromatic N) is 1. The topological polar surface area (TPSA) is 173 Å². The predicted octanol–water partition coefficient (Wildman–Crippen LogP) is 0.769. The van der Waals surface area contributed by atoms with Crippen LogP contribution in [0.25, 0.3) is 0 Å². The SMILES string of the molecule is CNC1C(O)=C(C(N)=O)C(=O)[C@@]2(O)C(O)=C3C(=O)c4c(ccc(N5CCCCC5)c4O)C[C@H]3C[C@@H]12. The van der Waals surface area contributed by atoms with E-state index < -0.39 is 58.0 Å². The molecule has 1 heterocycles. The molecule has 1 fully saturated rings. The lowest BCUT2D eigenvalue weighted by Crippen LogP contribution is -2.63. The minimum atomic E-state index is -2.62. The van der Waals surface area contributed by atoms with Crippen LogP contribution in [0.15, 0.2) is 34.8 Å². The monoisotopic (exact) mass is 483 g/mol. The predicted molar refractivity (Wildman–Crippen MR) is 125 cm³/mol. The Hall–Kier alpha value is -3.37. The fourth-order valence-corrected chi connectivity index (χ4v) is 6.37. The van der Waals surface area contributed by atoms with Gasteiger partial charge in [-0.05, 0) is 56.7 Å². The minimum Gasteiger partial charge on any atom is -0.510 e. The average molecular weight is 484 g/mol. The van der Waals surface area contributed by atoms with Crippen molar-refractivity contribution in [2.45, 2.75) is 43.7 Å². The van der Waals surface area contributed by atoms with Crippen LogP contribution in [0.4, 0.5) is 5.69 Å². The van der Waals surface area contributed by atoms with Crippen LogP contribution in [0.2, 0.25) is 0 Å². The number of Topliss-reactive ketones (excluding diaryl/α,β-unsaturated/α-hetero) is 2. The van der Waals surface area contributed by atoms with Crippen LogP contribution in [0, 0.1) is 11.8 Å². The molecular weight excluding hydrogens is 454 g/mol. The van der Waals surface area contributed by atoms with Crippen LogP contribution >= 0.6 is 0 Å². The third-order valence-corrected chi connectivity index (χ3v) is 8.06. The second kappa shape index (κ2) is 8.10. The quantitative estimate of drug-likeness (QED) is 0.339. The molecule has 4 atom stereocenters. The molecule has 0 aromatic heterocycles. The van der Waals surface area contributed by atoms with Gasteiger partial charge >= 0.3 is 0 Å². The third kappa shape index (κ3) is 3.13. The van der Waals surface area contributed by atoms with E-state index in [9.17, 15) is 34.8 Å². The van der Waals surface area contributed by atoms with E-state index in [1.807, 2.05) is 4.90 Å². The number of nitrogens with two attached hydrogens (primary N) is 1. The summed E-state index contributed by atoms with van der Waals surface area (Å²) in [4.78, 5) is 40.9. The number of nitrogens with one attached hydrogen (secondary N) is 1. The Morgan fingerprint density at radius 2 is 1.83 bits per heavy atom. The molecule has 0 bridgehead atoms. The fourth-order valence-electron chi connectivity index (χ4n) is 6.37. The molecule has 1 amide bonds. The number of aliphatic hydroxyl groups excluding tert-OH is 2. The molecule has 0 radical (unpaired) electrons. The highest BCUT2D eigenvalue weighted by Gasteiger charge is 2.62. The number of carbonyl (C=O) groups excluding carboxylic acids is 3. The van der Waals surface area contributed by atoms with Crippen LogP contribution in [-0.4, -0.2) is 69.7 Å². The molecule has 1 saturated heterocycles. The number of benzene rings is 1. The lowest BCUT2D eigenvalue weighted by Gasteiger charge is -2.48. The van der Waals surface area contributed by atoms with Gasteiger partial charge in [0.2, 0.25) is 5.78 Å². The summed E-state index contributed by atoms with van der Waals surface area (Å²) in [5.74, 6) is -6.39. The summed E-state index contributed by atoms with van der Waals surface area (Å²) in [6.45, 7) is 1.51. The summed E-state index contributed by atoms with van der Waals surface area (Å²) in [6, 6.07) is 2.56. The number of anilines is 1. The van der Waals surface area contributed by atoms with Crippen molar-refractivity contribution in [1.82, 2.24) is 5.32 Å². The molecule has 35 heavy (non-hydrogen) atoms. The molecule has 4 aliphatic rings. The van der Waals surface area contributed by atoms with E-state index in [0.717, 1.165) is 32.4 Å². The number of amides is 1. The van der Waals surface area contributed by atoms with Gasteiger partial charge in [0.05, 0.1) is 17.3 Å². The van der Waals surface area contributed by atoms with Crippen molar-refractivity contribution < 1.29 is 34.8 Å². The van der Waals surface area contributed by atoms with E-state index in [1.54, 1.807) is 12.1 Å². The number of ketones is 2. The summed E-state index contributed by atoms with van der Waals surface area (Å²) >= 11 is 0. The van der Waals surface area contributed by atoms with E-state index in [0.29, 0.717) is 17.7 Å². The van der Waals surface area contributed by atoms with E-state index in [1.165, 1.54) is 7.05 Å². The number of aliphatic hydroxyl groups is 3. The third-order valence-electron chi connectivity index (χ3n) is 8.06. The lowest BCUT2D eigenvalue weighted by atomic mass is 9.59. The van der Waals surface area contributed by atoms with Crippen LogP contribution < -0.4 is 16.0 Å². The summed E-state index contributed by atoms with van der Waals surface area (Å²) in [5.41, 5.74) is 2.91. The number of primary amides is 1. The summed E-state index contributed by atoms with van der Waals surface area (Å²) in [5, 5.41) is 47.3. The maximum Gasteiger partial charge on any atom is 0.255 e. The van der Waals surface area contributed by atoms with Crippen molar-refractivity contribution in [3.8, 4) is 5.75 Å². The first kappa shape index (κ1) is 23.4. The van der Waals surface area contributed by atoms with Gasteiger partial charge < -0.3 is 36.4 Å². The molecule has 186 valence electrons. The van der Waals surface area contributed by atoms with Gasteiger partial charge in [-0.25, -0.2) is 0 Å². The molecular formula is C25H29N3O7. The summed E-state index contributed by atoms with van der Waals surface area (Å²) in [7, 11) is 1.48. The Bertz CT molecular complexity index is 1210. The first-order valence-electron chi connectivity index (χ1n) is 11.9. The Morgan fingerprint density at radius 1 is 1.14 bits per heavy atom. The number of aromatic hydroxyl groups is 1. The van der Waals surface area contributed by atoms with E-state index in [2.05, 4.69) is 5.32 Å². The lowest BCUT2D eigenvalue weighted by molar-refractivity contribution is -0.146. The first-order chi connectivity index (χ1) is 16.6. The molecule has 1 aromatic carbocycles. The smallest absolute Gasteiger partial charge is 0.255 e. The number of hydrogen-bond acceptors (Lipinski definition) is 9. The average Bonchev–Trinajstić information content (AvgIpc) is 2.82. The van der Waals surface area contributed by atoms with Gasteiger partial charge in [-0.2, -0.15) is 0 Å². The molecule has 1 aliphatic heterocycles. The van der Waals surface area contributed by atoms with Crippen LogP contribution in [0.5, 0.6) is 5.75 Å². The molecule has 0 saturated carbocycles. The maximum atomic E-state index is 13.7. The van der Waals surface area contributed by atoms with Crippen LogP contribution in [0.1, 0.15) is 41.6 Å². The molecule has 7 N–H and O–H groups in total. The second-order valence-corrected chi connectivity index (χ2v) is 9.84. The number of likely N-dealkylation sites (N-methyl/N-ethyl adjacent to an activating group) is 1. The van der Waals surface area contributed by atoms with Gasteiger partial charge in [0.1, 0.15) is 22.8 Å². The Balaban J connectivity index is 1.64. The zero-order chi connectivity index (χ0) is 25.2. The van der Waals surface area contributed by atoms with Crippen LogP contribution in [-0.2, 0) is 16.0 Å². The number of allylic oxidation sites excluding steroid dienone is 1.